The van der Waals surface area contributed by atoms with Crippen LogP contribution in [0.4, 0.5) is 0 Å². The number of fused-ring (bicyclic) bond motifs is 6. The van der Waals surface area contributed by atoms with Crippen LogP contribution in [0, 0.1) is 0 Å². The lowest BCUT2D eigenvalue weighted by Gasteiger charge is -2.13. The van der Waals surface area contributed by atoms with Crippen molar-refractivity contribution in [3.8, 4) is 45.3 Å². The number of nitrogens with zero attached hydrogens (tertiary/aromatic N) is 3. The highest BCUT2D eigenvalue weighted by atomic mass is 16.3. The highest BCUT2D eigenvalue weighted by molar-refractivity contribution is 6.07. The first-order chi connectivity index (χ1) is 24.2. The lowest BCUT2D eigenvalue weighted by Crippen LogP contribution is -2.00. The van der Waals surface area contributed by atoms with Gasteiger partial charge in [0.05, 0.1) is 0 Å². The van der Waals surface area contributed by atoms with Gasteiger partial charge in [0.2, 0.25) is 0 Å². The van der Waals surface area contributed by atoms with Crippen LogP contribution in [0.15, 0.2) is 168 Å². The number of rotatable bonds is 4. The minimum absolute atomic E-state index is 0.614. The zero-order valence-electron chi connectivity index (χ0n) is 26.3. The van der Waals surface area contributed by atoms with Gasteiger partial charge in [-0.3, -0.25) is 0 Å². The van der Waals surface area contributed by atoms with E-state index < -0.39 is 0 Å². The first kappa shape index (κ1) is 27.5. The second-order valence-corrected chi connectivity index (χ2v) is 12.4. The predicted molar refractivity (Wildman–Crippen MR) is 201 cm³/mol. The van der Waals surface area contributed by atoms with Gasteiger partial charge in [0, 0.05) is 27.5 Å². The summed E-state index contributed by atoms with van der Waals surface area (Å²) < 4.78 is 6.14. The number of hydrogen-bond donors (Lipinski definition) is 0. The van der Waals surface area contributed by atoms with Crippen LogP contribution in [-0.2, 0) is 0 Å². The van der Waals surface area contributed by atoms with E-state index in [9.17, 15) is 0 Å². The molecule has 0 bridgehead atoms. The van der Waals surface area contributed by atoms with Crippen molar-refractivity contribution in [1.82, 2.24) is 15.0 Å². The first-order valence-electron chi connectivity index (χ1n) is 16.4. The quantitative estimate of drug-likeness (QED) is 0.195. The maximum atomic E-state index is 6.14. The summed E-state index contributed by atoms with van der Waals surface area (Å²) in [6.45, 7) is 0. The fourth-order valence-electron chi connectivity index (χ4n) is 7.06. The van der Waals surface area contributed by atoms with E-state index in [0.29, 0.717) is 17.5 Å². The molecule has 49 heavy (non-hydrogen) atoms. The van der Waals surface area contributed by atoms with Gasteiger partial charge in [-0.05, 0) is 79.8 Å². The average molecular weight is 626 g/mol. The fourth-order valence-corrected chi connectivity index (χ4v) is 7.06. The van der Waals surface area contributed by atoms with E-state index in [-0.39, 0.29) is 0 Å². The van der Waals surface area contributed by atoms with Crippen LogP contribution in [0.1, 0.15) is 0 Å². The molecule has 228 valence electrons. The van der Waals surface area contributed by atoms with Crippen molar-refractivity contribution in [1.29, 1.82) is 0 Å². The molecule has 2 aromatic heterocycles. The van der Waals surface area contributed by atoms with Gasteiger partial charge >= 0.3 is 0 Å². The molecular formula is C45H27N3O. The molecule has 0 saturated heterocycles. The van der Waals surface area contributed by atoms with Crippen LogP contribution in [-0.4, -0.2) is 15.0 Å². The minimum Gasteiger partial charge on any atom is -0.456 e. The van der Waals surface area contributed by atoms with Gasteiger partial charge in [0.1, 0.15) is 11.2 Å². The first-order valence-corrected chi connectivity index (χ1v) is 16.4. The Balaban J connectivity index is 1.19. The standard InChI is InChI=1S/C45H27N3O/c1-3-11-30-25-32(21-19-28(30)9-1)35-14-7-16-37-36(35)15-8-17-39(37)45-47-43(33-22-20-29-10-2-4-12-31(29)26-33)46-44(48-45)34-23-24-42-40(27-34)38-13-5-6-18-41(38)49-42/h1-27H. The van der Waals surface area contributed by atoms with E-state index in [4.69, 9.17) is 19.4 Å². The molecule has 0 saturated carbocycles. The van der Waals surface area contributed by atoms with Crippen LogP contribution < -0.4 is 0 Å². The van der Waals surface area contributed by atoms with Gasteiger partial charge in [-0.25, -0.2) is 15.0 Å². The number of furan rings is 1. The molecule has 2 heterocycles. The van der Waals surface area contributed by atoms with Crippen molar-refractivity contribution >= 4 is 54.3 Å². The van der Waals surface area contributed by atoms with E-state index in [1.165, 1.54) is 27.3 Å². The van der Waals surface area contributed by atoms with Gasteiger partial charge in [-0.1, -0.05) is 127 Å². The summed E-state index contributed by atoms with van der Waals surface area (Å²) >= 11 is 0. The van der Waals surface area contributed by atoms with E-state index in [1.54, 1.807) is 0 Å². The van der Waals surface area contributed by atoms with Crippen LogP contribution in [0.5, 0.6) is 0 Å². The summed E-state index contributed by atoms with van der Waals surface area (Å²) in [4.78, 5) is 15.4. The monoisotopic (exact) mass is 625 g/mol. The summed E-state index contributed by atoms with van der Waals surface area (Å²) in [5.74, 6) is 1.88. The molecule has 4 heteroatoms. The van der Waals surface area contributed by atoms with Gasteiger partial charge in [0.25, 0.3) is 0 Å². The summed E-state index contributed by atoms with van der Waals surface area (Å²) in [6.07, 6.45) is 0. The fraction of sp³-hybridized carbons (Fsp3) is 0. The third-order valence-corrected chi connectivity index (χ3v) is 9.50. The Bertz CT molecular complexity index is 2900. The second-order valence-electron chi connectivity index (χ2n) is 12.4. The molecule has 10 aromatic rings. The molecule has 0 aliphatic rings. The summed E-state index contributed by atoms with van der Waals surface area (Å²) in [5, 5.41) is 9.10. The minimum atomic E-state index is 0.614. The Kier molecular flexibility index (Phi) is 6.15. The van der Waals surface area contributed by atoms with Gasteiger partial charge < -0.3 is 4.42 Å². The Morgan fingerprint density at radius 2 is 0.816 bits per heavy atom. The Labute approximate surface area is 282 Å². The topological polar surface area (TPSA) is 51.8 Å². The van der Waals surface area contributed by atoms with Crippen molar-refractivity contribution < 1.29 is 4.42 Å². The number of hydrogen-bond acceptors (Lipinski definition) is 4. The molecule has 10 rings (SSSR count). The van der Waals surface area contributed by atoms with Gasteiger partial charge in [-0.15, -0.1) is 0 Å². The van der Waals surface area contributed by atoms with Gasteiger partial charge in [0.15, 0.2) is 17.5 Å². The van der Waals surface area contributed by atoms with Crippen molar-refractivity contribution in [2.24, 2.45) is 0 Å². The number of benzene rings is 8. The van der Waals surface area contributed by atoms with Gasteiger partial charge in [-0.2, -0.15) is 0 Å². The SMILES string of the molecule is c1ccc2cc(-c3nc(-c4ccc5oc6ccccc6c5c4)nc(-c4cccc5c(-c6ccc7ccccc7c6)cccc45)n3)ccc2c1. The van der Waals surface area contributed by atoms with Crippen LogP contribution in [0.3, 0.4) is 0 Å². The number of aromatic nitrogens is 3. The molecule has 8 aromatic carbocycles. The molecule has 0 radical (unpaired) electrons. The second kappa shape index (κ2) is 11.0. The summed E-state index contributed by atoms with van der Waals surface area (Å²) in [5.41, 5.74) is 6.85. The Morgan fingerprint density at radius 3 is 1.57 bits per heavy atom. The number of para-hydroxylation sites is 1. The highest BCUT2D eigenvalue weighted by Gasteiger charge is 2.17. The normalized spacial score (nSPS) is 11.7. The molecule has 0 spiro atoms. The van der Waals surface area contributed by atoms with E-state index in [0.717, 1.165) is 54.8 Å². The maximum absolute atomic E-state index is 6.14. The molecule has 0 aliphatic heterocycles. The largest absolute Gasteiger partial charge is 0.456 e. The lowest BCUT2D eigenvalue weighted by atomic mass is 9.94. The smallest absolute Gasteiger partial charge is 0.164 e. The molecule has 4 nitrogen and oxygen atoms in total. The lowest BCUT2D eigenvalue weighted by molar-refractivity contribution is 0.669. The van der Waals surface area contributed by atoms with E-state index >= 15 is 0 Å². The molecule has 0 unspecified atom stereocenters. The molecule has 0 aliphatic carbocycles. The van der Waals surface area contributed by atoms with Crippen molar-refractivity contribution in [3.63, 3.8) is 0 Å². The van der Waals surface area contributed by atoms with Crippen molar-refractivity contribution in [3.05, 3.63) is 164 Å². The predicted octanol–water partition coefficient (Wildman–Crippen LogP) is 11.9. The summed E-state index contributed by atoms with van der Waals surface area (Å²) in [7, 11) is 0. The molecule has 0 fully saturated rings. The van der Waals surface area contributed by atoms with E-state index in [1.807, 2.05) is 30.3 Å². The molecule has 0 atom stereocenters. The van der Waals surface area contributed by atoms with Crippen molar-refractivity contribution in [2.45, 2.75) is 0 Å². The molecular weight excluding hydrogens is 599 g/mol. The van der Waals surface area contributed by atoms with Crippen LogP contribution >= 0.6 is 0 Å². The van der Waals surface area contributed by atoms with Crippen LogP contribution in [0.25, 0.3) is 99.5 Å². The Morgan fingerprint density at radius 1 is 0.306 bits per heavy atom. The van der Waals surface area contributed by atoms with E-state index in [2.05, 4.69) is 133 Å². The van der Waals surface area contributed by atoms with Crippen LogP contribution in [0.2, 0.25) is 0 Å². The zero-order chi connectivity index (χ0) is 32.3. The highest BCUT2D eigenvalue weighted by Crippen LogP contribution is 2.37. The average Bonchev–Trinajstić information content (AvgIpc) is 3.55. The molecule has 0 N–H and O–H groups in total. The molecule has 0 amide bonds. The zero-order valence-corrected chi connectivity index (χ0v) is 26.3. The summed E-state index contributed by atoms with van der Waals surface area (Å²) in [6, 6.07) is 57.1. The van der Waals surface area contributed by atoms with Crippen molar-refractivity contribution in [2.75, 3.05) is 0 Å². The third-order valence-electron chi connectivity index (χ3n) is 9.50. The maximum Gasteiger partial charge on any atom is 0.164 e. The Hall–Kier alpha value is -6.65. The third kappa shape index (κ3) is 4.65.